The molecule has 11 heteroatoms. The Kier molecular flexibility index (Phi) is 7.69. The van der Waals surface area contributed by atoms with Crippen molar-refractivity contribution in [3.63, 3.8) is 0 Å². The number of hydrogen-bond acceptors (Lipinski definition) is 10. The van der Waals surface area contributed by atoms with Crippen molar-refractivity contribution in [2.24, 2.45) is 5.16 Å². The number of halogens is 1. The normalized spacial score (nSPS) is 25.3. The van der Waals surface area contributed by atoms with E-state index in [1.165, 1.54) is 20.1 Å². The molecule has 182 valence electrons. The Labute approximate surface area is 198 Å². The van der Waals surface area contributed by atoms with Gasteiger partial charge in [0.15, 0.2) is 0 Å². The van der Waals surface area contributed by atoms with Crippen LogP contribution in [0.15, 0.2) is 26.5 Å². The van der Waals surface area contributed by atoms with Crippen molar-refractivity contribution in [1.29, 1.82) is 0 Å². The van der Waals surface area contributed by atoms with Gasteiger partial charge in [-0.25, -0.2) is 4.79 Å². The molecule has 0 aliphatic carbocycles. The van der Waals surface area contributed by atoms with Crippen LogP contribution in [0.3, 0.4) is 0 Å². The molecule has 1 aromatic carbocycles. The van der Waals surface area contributed by atoms with Crippen LogP contribution in [0.2, 0.25) is 0 Å². The zero-order valence-electron chi connectivity index (χ0n) is 19.0. The zero-order valence-corrected chi connectivity index (χ0v) is 20.6. The molecule has 0 unspecified atom stereocenters. The van der Waals surface area contributed by atoms with Crippen LogP contribution in [0.25, 0.3) is 11.0 Å². The van der Waals surface area contributed by atoms with Crippen molar-refractivity contribution >= 4 is 32.6 Å². The van der Waals surface area contributed by atoms with Gasteiger partial charge in [0.25, 0.3) is 0 Å². The molecule has 0 spiro atoms. The second-order valence-electron chi connectivity index (χ2n) is 8.22. The van der Waals surface area contributed by atoms with E-state index in [-0.39, 0.29) is 33.7 Å². The summed E-state index contributed by atoms with van der Waals surface area (Å²) >= 11 is 3.21. The van der Waals surface area contributed by atoms with Crippen molar-refractivity contribution in [2.75, 3.05) is 19.0 Å². The van der Waals surface area contributed by atoms with Crippen LogP contribution in [-0.4, -0.2) is 70.3 Å². The third-order valence-corrected chi connectivity index (χ3v) is 5.84. The number of benzene rings is 1. The second-order valence-corrected chi connectivity index (χ2v) is 9.02. The molecule has 10 nitrogen and oxygen atoms in total. The van der Waals surface area contributed by atoms with Gasteiger partial charge in [-0.3, -0.25) is 0 Å². The lowest BCUT2D eigenvalue weighted by molar-refractivity contribution is -0.306. The maximum Gasteiger partial charge on any atom is 0.349 e. The smallest absolute Gasteiger partial charge is 0.349 e. The number of methoxy groups -OCH3 is 1. The SMILES string of the molecule is CO[C@@H]1[C@@H](O)[C@@H](O)[C@H](Oc2ccc3c(O)c(C(C)=NOCCBr)c(=O)oc3c2C)OC1(C)C. The number of hydrogen-bond donors (Lipinski definition) is 3. The van der Waals surface area contributed by atoms with Gasteiger partial charge >= 0.3 is 5.63 Å². The van der Waals surface area contributed by atoms with Crippen molar-refractivity contribution in [2.45, 2.75) is 57.9 Å². The number of nitrogens with zero attached hydrogens (tertiary/aromatic N) is 1. The standard InChI is InChI=1S/C22H28BrNO9/c1-10-13(31-21-17(27)16(26)19(29-5)22(3,4)33-21)7-6-12-15(25)14(20(28)32-18(10)12)11(2)24-30-9-8-23/h6-7,16-17,19,21,25-27H,8-9H2,1-5H3/t16-,17+,19+,21+/m0/s1. The molecule has 1 aromatic heterocycles. The molecule has 0 amide bonds. The van der Waals surface area contributed by atoms with Crippen LogP contribution in [-0.2, 0) is 14.3 Å². The highest BCUT2D eigenvalue weighted by Crippen LogP contribution is 2.37. The van der Waals surface area contributed by atoms with Gasteiger partial charge in [0.05, 0.1) is 16.7 Å². The van der Waals surface area contributed by atoms with E-state index >= 15 is 0 Å². The van der Waals surface area contributed by atoms with Crippen LogP contribution in [0, 0.1) is 6.92 Å². The highest BCUT2D eigenvalue weighted by molar-refractivity contribution is 9.09. The number of ether oxygens (including phenoxy) is 3. The minimum Gasteiger partial charge on any atom is -0.506 e. The molecule has 1 fully saturated rings. The average Bonchev–Trinajstić information content (AvgIpc) is 2.74. The highest BCUT2D eigenvalue weighted by atomic mass is 79.9. The Morgan fingerprint density at radius 2 is 1.97 bits per heavy atom. The predicted octanol–water partition coefficient (Wildman–Crippen LogP) is 2.19. The van der Waals surface area contributed by atoms with E-state index in [9.17, 15) is 20.1 Å². The third-order valence-electron chi connectivity index (χ3n) is 5.52. The Morgan fingerprint density at radius 3 is 2.61 bits per heavy atom. The first-order valence-electron chi connectivity index (χ1n) is 10.3. The number of rotatable bonds is 7. The summed E-state index contributed by atoms with van der Waals surface area (Å²) in [7, 11) is 1.42. The number of aliphatic hydroxyl groups excluding tert-OH is 2. The van der Waals surface area contributed by atoms with Gasteiger partial charge in [-0.2, -0.15) is 0 Å². The van der Waals surface area contributed by atoms with Gasteiger partial charge in [-0.1, -0.05) is 21.1 Å². The first kappa shape index (κ1) is 25.4. The fourth-order valence-electron chi connectivity index (χ4n) is 3.87. The summed E-state index contributed by atoms with van der Waals surface area (Å²) in [4.78, 5) is 17.7. The molecule has 1 saturated heterocycles. The number of aliphatic hydroxyl groups is 2. The molecule has 4 atom stereocenters. The molecule has 2 heterocycles. The van der Waals surface area contributed by atoms with Gasteiger partial charge < -0.3 is 38.8 Å². The van der Waals surface area contributed by atoms with E-state index < -0.39 is 35.8 Å². The van der Waals surface area contributed by atoms with Crippen molar-refractivity contribution < 1.29 is 38.8 Å². The molecular weight excluding hydrogens is 502 g/mol. The van der Waals surface area contributed by atoms with E-state index in [0.717, 1.165) is 0 Å². The molecule has 1 aliphatic heterocycles. The van der Waals surface area contributed by atoms with Gasteiger partial charge in [-0.15, -0.1) is 0 Å². The predicted molar refractivity (Wildman–Crippen MR) is 123 cm³/mol. The van der Waals surface area contributed by atoms with Crippen LogP contribution in [0.5, 0.6) is 11.5 Å². The lowest BCUT2D eigenvalue weighted by Gasteiger charge is -2.46. The van der Waals surface area contributed by atoms with Crippen molar-refractivity contribution in [3.8, 4) is 11.5 Å². The maximum atomic E-state index is 12.6. The summed E-state index contributed by atoms with van der Waals surface area (Å²) < 4.78 is 22.4. The van der Waals surface area contributed by atoms with E-state index in [2.05, 4.69) is 21.1 Å². The average molecular weight is 530 g/mol. The number of oxime groups is 1. The van der Waals surface area contributed by atoms with Crippen LogP contribution >= 0.6 is 15.9 Å². The lowest BCUT2D eigenvalue weighted by atomic mass is 9.89. The number of alkyl halides is 1. The fraction of sp³-hybridized carbons (Fsp3) is 0.545. The summed E-state index contributed by atoms with van der Waals surface area (Å²) in [5, 5.41) is 36.3. The quantitative estimate of drug-likeness (QED) is 0.162. The first-order chi connectivity index (χ1) is 15.5. The minimum absolute atomic E-state index is 0.104. The Hall–Kier alpha value is -2.18. The summed E-state index contributed by atoms with van der Waals surface area (Å²) in [5.41, 5.74) is -1.17. The maximum absolute atomic E-state index is 12.6. The van der Waals surface area contributed by atoms with Crippen LogP contribution in [0.1, 0.15) is 31.9 Å². The molecule has 0 bridgehead atoms. The molecule has 3 rings (SSSR count). The largest absolute Gasteiger partial charge is 0.506 e. The highest BCUT2D eigenvalue weighted by Gasteiger charge is 2.50. The van der Waals surface area contributed by atoms with Crippen LogP contribution in [0.4, 0.5) is 0 Å². The summed E-state index contributed by atoms with van der Waals surface area (Å²) in [5.74, 6) is -0.0557. The van der Waals surface area contributed by atoms with Gasteiger partial charge in [0.2, 0.25) is 6.29 Å². The Balaban J connectivity index is 1.97. The lowest BCUT2D eigenvalue weighted by Crippen LogP contribution is -2.63. The topological polar surface area (TPSA) is 140 Å². The number of fused-ring (bicyclic) bond motifs is 1. The van der Waals surface area contributed by atoms with E-state index in [4.69, 9.17) is 23.5 Å². The first-order valence-corrected chi connectivity index (χ1v) is 11.4. The molecular formula is C22H28BrNO9. The number of aromatic hydroxyl groups is 1. The minimum atomic E-state index is -1.39. The number of aryl methyl sites for hydroxylation is 1. The molecule has 0 saturated carbocycles. The monoisotopic (exact) mass is 529 g/mol. The van der Waals surface area contributed by atoms with E-state index in [1.807, 2.05) is 0 Å². The van der Waals surface area contributed by atoms with E-state index in [0.29, 0.717) is 17.5 Å². The Bertz CT molecular complexity index is 1100. The Morgan fingerprint density at radius 1 is 1.27 bits per heavy atom. The third kappa shape index (κ3) is 4.87. The summed E-state index contributed by atoms with van der Waals surface area (Å²) in [6.45, 7) is 6.88. The molecule has 33 heavy (non-hydrogen) atoms. The zero-order chi connectivity index (χ0) is 24.5. The molecule has 0 radical (unpaired) electrons. The van der Waals surface area contributed by atoms with Crippen molar-refractivity contribution in [1.82, 2.24) is 0 Å². The van der Waals surface area contributed by atoms with Crippen LogP contribution < -0.4 is 10.4 Å². The molecule has 1 aliphatic rings. The molecule has 3 N–H and O–H groups in total. The molecule has 2 aromatic rings. The van der Waals surface area contributed by atoms with Crippen molar-refractivity contribution in [3.05, 3.63) is 33.7 Å². The summed E-state index contributed by atoms with van der Waals surface area (Å²) in [6.07, 6.45) is -4.61. The van der Waals surface area contributed by atoms with E-state index in [1.54, 1.807) is 26.8 Å². The van der Waals surface area contributed by atoms with Gasteiger partial charge in [0.1, 0.15) is 47.6 Å². The van der Waals surface area contributed by atoms with Gasteiger partial charge in [0, 0.05) is 18.0 Å². The summed E-state index contributed by atoms with van der Waals surface area (Å²) in [6, 6.07) is 3.06. The second kappa shape index (κ2) is 9.98. The fourth-order valence-corrected chi connectivity index (χ4v) is 4.01. The van der Waals surface area contributed by atoms with Gasteiger partial charge in [-0.05, 0) is 39.8 Å².